The molecule has 2 aromatic carbocycles. The first-order valence-corrected chi connectivity index (χ1v) is 8.70. The van der Waals surface area contributed by atoms with E-state index in [-0.39, 0.29) is 11.3 Å². The van der Waals surface area contributed by atoms with Crippen LogP contribution in [0.5, 0.6) is 0 Å². The lowest BCUT2D eigenvalue weighted by molar-refractivity contribution is -0.384. The minimum atomic E-state index is -1.09. The number of esters is 1. The Morgan fingerprint density at radius 3 is 2.25 bits per heavy atom. The SMILES string of the molecule is CNc1ccc([N+](=O)[O-])cc1C(=O)O[C@@H](C)C(=O)Nc1c(C)cc(C)cc1C. The van der Waals surface area contributed by atoms with Crippen molar-refractivity contribution in [3.05, 3.63) is 62.7 Å². The molecule has 0 aliphatic heterocycles. The molecule has 0 radical (unpaired) electrons. The van der Waals surface area contributed by atoms with Crippen LogP contribution in [-0.4, -0.2) is 30.0 Å². The maximum Gasteiger partial charge on any atom is 0.341 e. The van der Waals surface area contributed by atoms with Gasteiger partial charge in [0.2, 0.25) is 0 Å². The number of benzene rings is 2. The fourth-order valence-electron chi connectivity index (χ4n) is 2.91. The van der Waals surface area contributed by atoms with E-state index in [1.807, 2.05) is 32.9 Å². The molecule has 0 fully saturated rings. The van der Waals surface area contributed by atoms with Gasteiger partial charge in [-0.25, -0.2) is 4.79 Å². The van der Waals surface area contributed by atoms with Crippen molar-refractivity contribution in [3.8, 4) is 0 Å². The first-order chi connectivity index (χ1) is 13.1. The molecule has 28 heavy (non-hydrogen) atoms. The Hall–Kier alpha value is -3.42. The number of nitrogens with one attached hydrogen (secondary N) is 2. The minimum Gasteiger partial charge on any atom is -0.449 e. The van der Waals surface area contributed by atoms with Gasteiger partial charge < -0.3 is 15.4 Å². The van der Waals surface area contributed by atoms with Crippen LogP contribution < -0.4 is 10.6 Å². The summed E-state index contributed by atoms with van der Waals surface area (Å²) in [5.41, 5.74) is 3.67. The van der Waals surface area contributed by atoms with Crippen LogP contribution in [0.3, 0.4) is 0 Å². The van der Waals surface area contributed by atoms with E-state index in [4.69, 9.17) is 4.74 Å². The van der Waals surface area contributed by atoms with E-state index in [1.165, 1.54) is 19.1 Å². The van der Waals surface area contributed by atoms with Gasteiger partial charge in [0.15, 0.2) is 6.10 Å². The van der Waals surface area contributed by atoms with Crippen LogP contribution in [0, 0.1) is 30.9 Å². The quantitative estimate of drug-likeness (QED) is 0.445. The standard InChI is InChI=1S/C20H23N3O5/c1-11-8-12(2)18(13(3)9-11)22-19(24)14(4)28-20(25)16-10-15(23(26)27)6-7-17(16)21-5/h6-10,14,21H,1-5H3,(H,22,24)/t14-/m0/s1. The molecule has 0 spiro atoms. The van der Waals surface area contributed by atoms with E-state index in [0.717, 1.165) is 22.8 Å². The number of hydrogen-bond donors (Lipinski definition) is 2. The van der Waals surface area contributed by atoms with Gasteiger partial charge in [0.25, 0.3) is 11.6 Å². The molecule has 2 aromatic rings. The van der Waals surface area contributed by atoms with E-state index >= 15 is 0 Å². The molecule has 0 bridgehead atoms. The number of aryl methyl sites for hydroxylation is 3. The fraction of sp³-hybridized carbons (Fsp3) is 0.300. The van der Waals surface area contributed by atoms with E-state index < -0.39 is 22.9 Å². The second kappa shape index (κ2) is 8.51. The van der Waals surface area contributed by atoms with Crippen molar-refractivity contribution in [1.29, 1.82) is 0 Å². The number of rotatable bonds is 6. The third kappa shape index (κ3) is 4.64. The summed E-state index contributed by atoms with van der Waals surface area (Å²) in [4.78, 5) is 35.3. The van der Waals surface area contributed by atoms with Gasteiger partial charge in [-0.2, -0.15) is 0 Å². The second-order valence-corrected chi connectivity index (χ2v) is 6.55. The summed E-state index contributed by atoms with van der Waals surface area (Å²) in [5.74, 6) is -1.31. The van der Waals surface area contributed by atoms with Gasteiger partial charge in [-0.15, -0.1) is 0 Å². The Bertz CT molecular complexity index is 916. The maximum absolute atomic E-state index is 12.5. The summed E-state index contributed by atoms with van der Waals surface area (Å²) in [7, 11) is 1.58. The average molecular weight is 385 g/mol. The number of ether oxygens (including phenoxy) is 1. The highest BCUT2D eigenvalue weighted by Crippen LogP contribution is 2.24. The molecular weight excluding hydrogens is 362 g/mol. The summed E-state index contributed by atoms with van der Waals surface area (Å²) >= 11 is 0. The molecule has 8 heteroatoms. The Kier molecular flexibility index (Phi) is 6.35. The highest BCUT2D eigenvalue weighted by Gasteiger charge is 2.23. The molecule has 0 aromatic heterocycles. The van der Waals surface area contributed by atoms with Crippen molar-refractivity contribution in [2.75, 3.05) is 17.7 Å². The van der Waals surface area contributed by atoms with Crippen LogP contribution in [0.25, 0.3) is 0 Å². The van der Waals surface area contributed by atoms with E-state index in [0.29, 0.717) is 11.4 Å². The van der Waals surface area contributed by atoms with Gasteiger partial charge >= 0.3 is 5.97 Å². The second-order valence-electron chi connectivity index (χ2n) is 6.55. The summed E-state index contributed by atoms with van der Waals surface area (Å²) in [6.45, 7) is 7.18. The molecule has 2 rings (SSSR count). The Balaban J connectivity index is 2.17. The van der Waals surface area contributed by atoms with Gasteiger partial charge in [-0.05, 0) is 44.9 Å². The molecular formula is C20H23N3O5. The monoisotopic (exact) mass is 385 g/mol. The van der Waals surface area contributed by atoms with Crippen molar-refractivity contribution in [2.45, 2.75) is 33.8 Å². The molecule has 0 heterocycles. The Labute approximate surface area is 163 Å². The molecule has 148 valence electrons. The van der Waals surface area contributed by atoms with Crippen LogP contribution in [0.1, 0.15) is 34.0 Å². The molecule has 0 saturated heterocycles. The Morgan fingerprint density at radius 1 is 1.11 bits per heavy atom. The predicted molar refractivity (Wildman–Crippen MR) is 107 cm³/mol. The van der Waals surface area contributed by atoms with Crippen LogP contribution in [0.4, 0.5) is 17.1 Å². The van der Waals surface area contributed by atoms with Crippen molar-refractivity contribution in [1.82, 2.24) is 0 Å². The molecule has 8 nitrogen and oxygen atoms in total. The summed E-state index contributed by atoms with van der Waals surface area (Å²) < 4.78 is 5.24. The number of anilines is 2. The molecule has 0 aliphatic carbocycles. The third-order valence-corrected chi connectivity index (χ3v) is 4.28. The number of nitrogens with zero attached hydrogens (tertiary/aromatic N) is 1. The number of nitro benzene ring substituents is 1. The number of carbonyl (C=O) groups is 2. The van der Waals surface area contributed by atoms with Crippen molar-refractivity contribution in [2.24, 2.45) is 0 Å². The fourth-order valence-corrected chi connectivity index (χ4v) is 2.91. The smallest absolute Gasteiger partial charge is 0.341 e. The topological polar surface area (TPSA) is 111 Å². The van der Waals surface area contributed by atoms with E-state index in [9.17, 15) is 19.7 Å². The highest BCUT2D eigenvalue weighted by molar-refractivity contribution is 6.00. The first kappa shape index (κ1) is 20.9. The highest BCUT2D eigenvalue weighted by atomic mass is 16.6. The number of non-ortho nitro benzene ring substituents is 1. The number of amides is 1. The lowest BCUT2D eigenvalue weighted by Crippen LogP contribution is -2.30. The summed E-state index contributed by atoms with van der Waals surface area (Å²) in [6, 6.07) is 7.70. The van der Waals surface area contributed by atoms with Crippen LogP contribution in [0.15, 0.2) is 30.3 Å². The van der Waals surface area contributed by atoms with Gasteiger partial charge in [-0.3, -0.25) is 14.9 Å². The molecule has 2 N–H and O–H groups in total. The molecule has 0 saturated carbocycles. The van der Waals surface area contributed by atoms with Gasteiger partial charge in [-0.1, -0.05) is 17.7 Å². The zero-order valence-electron chi connectivity index (χ0n) is 16.5. The maximum atomic E-state index is 12.5. The van der Waals surface area contributed by atoms with Crippen molar-refractivity contribution >= 4 is 28.9 Å². The van der Waals surface area contributed by atoms with Gasteiger partial charge in [0.05, 0.1) is 10.5 Å². The lowest BCUT2D eigenvalue weighted by atomic mass is 10.0. The Morgan fingerprint density at radius 2 is 1.71 bits per heavy atom. The zero-order chi connectivity index (χ0) is 21.0. The van der Waals surface area contributed by atoms with E-state index in [2.05, 4.69) is 10.6 Å². The number of carbonyl (C=O) groups excluding carboxylic acids is 2. The number of nitro groups is 1. The van der Waals surface area contributed by atoms with Gasteiger partial charge in [0.1, 0.15) is 0 Å². The average Bonchev–Trinajstić information content (AvgIpc) is 2.63. The van der Waals surface area contributed by atoms with Crippen LogP contribution in [-0.2, 0) is 9.53 Å². The van der Waals surface area contributed by atoms with Gasteiger partial charge in [0, 0.05) is 30.6 Å². The molecule has 1 amide bonds. The summed E-state index contributed by atoms with van der Waals surface area (Å²) in [5, 5.41) is 16.5. The van der Waals surface area contributed by atoms with Crippen molar-refractivity contribution in [3.63, 3.8) is 0 Å². The molecule has 1 atom stereocenters. The number of hydrogen-bond acceptors (Lipinski definition) is 6. The van der Waals surface area contributed by atoms with E-state index in [1.54, 1.807) is 7.05 Å². The van der Waals surface area contributed by atoms with Crippen LogP contribution >= 0.6 is 0 Å². The normalized spacial score (nSPS) is 11.5. The zero-order valence-corrected chi connectivity index (χ0v) is 16.5. The molecule has 0 unspecified atom stereocenters. The first-order valence-electron chi connectivity index (χ1n) is 8.70. The third-order valence-electron chi connectivity index (χ3n) is 4.28. The lowest BCUT2D eigenvalue weighted by Gasteiger charge is -2.17. The largest absolute Gasteiger partial charge is 0.449 e. The van der Waals surface area contributed by atoms with Crippen LogP contribution in [0.2, 0.25) is 0 Å². The predicted octanol–water partition coefficient (Wildman–Crippen LogP) is 3.75. The minimum absolute atomic E-state index is 0.0148. The van der Waals surface area contributed by atoms with Crippen molar-refractivity contribution < 1.29 is 19.2 Å². The molecule has 0 aliphatic rings. The summed E-state index contributed by atoms with van der Waals surface area (Å²) in [6.07, 6.45) is -1.09.